The van der Waals surface area contributed by atoms with Crippen molar-refractivity contribution in [2.24, 2.45) is 5.92 Å². The van der Waals surface area contributed by atoms with Crippen molar-refractivity contribution in [1.82, 2.24) is 10.3 Å². The number of benzene rings is 1. The minimum Gasteiger partial charge on any atom is -0.481 e. The Morgan fingerprint density at radius 2 is 1.93 bits per heavy atom. The van der Waals surface area contributed by atoms with E-state index in [1.807, 2.05) is 6.07 Å². The summed E-state index contributed by atoms with van der Waals surface area (Å²) in [6.45, 7) is 0.580. The highest BCUT2D eigenvalue weighted by atomic mass is 16.5. The molecule has 1 aromatic heterocycles. The summed E-state index contributed by atoms with van der Waals surface area (Å²) in [7, 11) is 3.18. The van der Waals surface area contributed by atoms with E-state index in [4.69, 9.17) is 10.1 Å². The van der Waals surface area contributed by atoms with E-state index in [-0.39, 0.29) is 28.9 Å². The summed E-state index contributed by atoms with van der Waals surface area (Å²) < 4.78 is 5.12. The molecule has 0 saturated heterocycles. The topological polar surface area (TPSA) is 116 Å². The van der Waals surface area contributed by atoms with Crippen LogP contribution in [0.15, 0.2) is 36.4 Å². The number of hydrogen-bond donors (Lipinski definition) is 4. The van der Waals surface area contributed by atoms with Gasteiger partial charge in [0.25, 0.3) is 11.8 Å². The lowest BCUT2D eigenvalue weighted by Crippen LogP contribution is -2.33. The molecule has 0 radical (unpaired) electrons. The van der Waals surface area contributed by atoms with E-state index in [0.29, 0.717) is 23.7 Å². The highest BCUT2D eigenvalue weighted by molar-refractivity contribution is 6.48. The average Bonchev–Trinajstić information content (AvgIpc) is 2.72. The molecule has 0 aliphatic heterocycles. The predicted octanol–water partition coefficient (Wildman–Crippen LogP) is 2.67. The second kappa shape index (κ2) is 9.18. The van der Waals surface area contributed by atoms with Crippen molar-refractivity contribution in [2.45, 2.75) is 19.3 Å². The summed E-state index contributed by atoms with van der Waals surface area (Å²) in [5, 5.41) is 16.7. The van der Waals surface area contributed by atoms with Crippen LogP contribution >= 0.6 is 0 Å². The Labute approximate surface area is 169 Å². The van der Waals surface area contributed by atoms with E-state index in [0.717, 1.165) is 12.8 Å². The normalized spacial score (nSPS) is 13.2. The number of carbonyl (C=O) groups is 2. The minimum absolute atomic E-state index is 0.0618. The van der Waals surface area contributed by atoms with Crippen LogP contribution in [0.2, 0.25) is 0 Å². The zero-order chi connectivity index (χ0) is 20.8. The molecule has 0 bridgehead atoms. The van der Waals surface area contributed by atoms with Gasteiger partial charge in [0.2, 0.25) is 5.88 Å². The van der Waals surface area contributed by atoms with Crippen LogP contribution in [0.1, 0.15) is 35.3 Å². The number of nitrogens with one attached hydrogen (secondary N) is 4. The number of hydrogen-bond acceptors (Lipinski definition) is 6. The summed E-state index contributed by atoms with van der Waals surface area (Å²) in [4.78, 5) is 29.5. The van der Waals surface area contributed by atoms with Crippen molar-refractivity contribution < 1.29 is 14.3 Å². The van der Waals surface area contributed by atoms with E-state index in [9.17, 15) is 9.59 Å². The average molecular weight is 395 g/mol. The standard InChI is InChI=1S/C21H25N5O3/c1-23-15-9-4-3-8-14(15)18(22)20(27)25-16-10-11-17(29-2)26-19(16)21(28)24-12-13-6-5-7-13/h3-4,8-11,13,22-23H,5-7,12H2,1-2H3,(H,24,28)(H,25,27). The molecule has 3 rings (SSSR count). The van der Waals surface area contributed by atoms with Crippen molar-refractivity contribution in [2.75, 3.05) is 31.3 Å². The molecule has 1 saturated carbocycles. The van der Waals surface area contributed by atoms with Gasteiger partial charge in [0.05, 0.1) is 12.8 Å². The third-order valence-electron chi connectivity index (χ3n) is 5.01. The number of carbonyl (C=O) groups excluding carboxylic acids is 2. The summed E-state index contributed by atoms with van der Waals surface area (Å²) in [5.41, 5.74) is 1.20. The van der Waals surface area contributed by atoms with E-state index < -0.39 is 5.91 Å². The monoisotopic (exact) mass is 395 g/mol. The van der Waals surface area contributed by atoms with Gasteiger partial charge in [0.1, 0.15) is 5.71 Å². The Balaban J connectivity index is 1.79. The molecule has 1 fully saturated rings. The molecule has 1 aliphatic carbocycles. The van der Waals surface area contributed by atoms with Crippen molar-refractivity contribution in [3.8, 4) is 5.88 Å². The number of ether oxygens (including phenoxy) is 1. The third-order valence-corrected chi connectivity index (χ3v) is 5.01. The molecule has 8 heteroatoms. The molecule has 2 aromatic rings. The van der Waals surface area contributed by atoms with Gasteiger partial charge in [0.15, 0.2) is 5.69 Å². The molecule has 4 N–H and O–H groups in total. The number of anilines is 2. The van der Waals surface area contributed by atoms with E-state index in [2.05, 4.69) is 20.9 Å². The molecule has 2 amide bonds. The van der Waals surface area contributed by atoms with Gasteiger partial charge in [-0.05, 0) is 30.9 Å². The number of rotatable bonds is 8. The van der Waals surface area contributed by atoms with Crippen LogP contribution in [0.4, 0.5) is 11.4 Å². The molecule has 29 heavy (non-hydrogen) atoms. The number of amides is 2. The first-order valence-electron chi connectivity index (χ1n) is 9.53. The fourth-order valence-corrected chi connectivity index (χ4v) is 3.07. The molecule has 0 unspecified atom stereocenters. The molecular formula is C21H25N5O3. The highest BCUT2D eigenvalue weighted by Gasteiger charge is 2.22. The number of nitrogens with zero attached hydrogens (tertiary/aromatic N) is 1. The van der Waals surface area contributed by atoms with Crippen molar-refractivity contribution >= 4 is 28.9 Å². The van der Waals surface area contributed by atoms with Crippen LogP contribution in [0.3, 0.4) is 0 Å². The van der Waals surface area contributed by atoms with Gasteiger partial charge in [-0.25, -0.2) is 4.98 Å². The molecule has 1 aliphatic rings. The number of methoxy groups -OCH3 is 1. The van der Waals surface area contributed by atoms with Crippen LogP contribution < -0.4 is 20.7 Å². The molecule has 8 nitrogen and oxygen atoms in total. The van der Waals surface area contributed by atoms with Crippen molar-refractivity contribution in [1.29, 1.82) is 5.41 Å². The smallest absolute Gasteiger partial charge is 0.274 e. The van der Waals surface area contributed by atoms with Gasteiger partial charge in [-0.1, -0.05) is 24.6 Å². The molecule has 0 spiro atoms. The van der Waals surface area contributed by atoms with Crippen molar-refractivity contribution in [3.63, 3.8) is 0 Å². The maximum absolute atomic E-state index is 12.7. The molecule has 0 atom stereocenters. The quantitative estimate of drug-likeness (QED) is 0.513. The predicted molar refractivity (Wildman–Crippen MR) is 112 cm³/mol. The Hall–Kier alpha value is -3.42. The van der Waals surface area contributed by atoms with Crippen LogP contribution in [-0.4, -0.2) is 43.2 Å². The lowest BCUT2D eigenvalue weighted by Gasteiger charge is -2.25. The summed E-state index contributed by atoms with van der Waals surface area (Å²) in [6, 6.07) is 10.2. The van der Waals surface area contributed by atoms with Gasteiger partial charge in [0, 0.05) is 30.9 Å². The summed E-state index contributed by atoms with van der Waals surface area (Å²) in [6.07, 6.45) is 3.41. The molecular weight excluding hydrogens is 370 g/mol. The number of para-hydroxylation sites is 1. The third kappa shape index (κ3) is 4.71. The van der Waals surface area contributed by atoms with Crippen LogP contribution in [-0.2, 0) is 4.79 Å². The van der Waals surface area contributed by atoms with Gasteiger partial charge < -0.3 is 20.7 Å². The fourth-order valence-electron chi connectivity index (χ4n) is 3.07. The SMILES string of the molecule is CNc1ccccc1C(=N)C(=O)Nc1ccc(OC)nc1C(=O)NCC1CCC1. The van der Waals surface area contributed by atoms with E-state index >= 15 is 0 Å². The largest absolute Gasteiger partial charge is 0.481 e. The van der Waals surface area contributed by atoms with Crippen LogP contribution in [0.5, 0.6) is 5.88 Å². The summed E-state index contributed by atoms with van der Waals surface area (Å²) in [5.74, 6) is -0.248. The maximum Gasteiger partial charge on any atom is 0.274 e. The van der Waals surface area contributed by atoms with Gasteiger partial charge >= 0.3 is 0 Å². The summed E-state index contributed by atoms with van der Waals surface area (Å²) >= 11 is 0. The second-order valence-electron chi connectivity index (χ2n) is 6.88. The van der Waals surface area contributed by atoms with Crippen LogP contribution in [0, 0.1) is 11.3 Å². The zero-order valence-corrected chi connectivity index (χ0v) is 16.5. The first kappa shape index (κ1) is 20.3. The van der Waals surface area contributed by atoms with Gasteiger partial charge in [-0.15, -0.1) is 0 Å². The second-order valence-corrected chi connectivity index (χ2v) is 6.88. The first-order chi connectivity index (χ1) is 14.0. The molecule has 1 aromatic carbocycles. The number of aromatic nitrogens is 1. The minimum atomic E-state index is -0.632. The maximum atomic E-state index is 12.7. The Kier molecular flexibility index (Phi) is 6.43. The highest BCUT2D eigenvalue weighted by Crippen LogP contribution is 2.25. The Morgan fingerprint density at radius 1 is 1.17 bits per heavy atom. The Morgan fingerprint density at radius 3 is 2.59 bits per heavy atom. The number of pyridine rings is 1. The Bertz CT molecular complexity index is 924. The van der Waals surface area contributed by atoms with Crippen molar-refractivity contribution in [3.05, 3.63) is 47.7 Å². The molecule has 1 heterocycles. The first-order valence-corrected chi connectivity index (χ1v) is 9.53. The lowest BCUT2D eigenvalue weighted by atomic mass is 9.85. The van der Waals surface area contributed by atoms with Gasteiger partial charge in [-0.2, -0.15) is 0 Å². The van der Waals surface area contributed by atoms with E-state index in [1.165, 1.54) is 13.5 Å². The fraction of sp³-hybridized carbons (Fsp3) is 0.333. The zero-order valence-electron chi connectivity index (χ0n) is 16.5. The van der Waals surface area contributed by atoms with E-state index in [1.54, 1.807) is 37.4 Å². The van der Waals surface area contributed by atoms with Crippen LogP contribution in [0.25, 0.3) is 0 Å². The lowest BCUT2D eigenvalue weighted by molar-refractivity contribution is -0.110. The molecule has 152 valence electrons. The van der Waals surface area contributed by atoms with Gasteiger partial charge in [-0.3, -0.25) is 15.0 Å².